The SMILES string of the molecule is O=C(N[C@H]1C[C@H](CO)[C@H](O)C1)c1ccccc1Cl. The Morgan fingerprint density at radius 1 is 1.39 bits per heavy atom. The zero-order chi connectivity index (χ0) is 13.1. The van der Waals surface area contributed by atoms with Crippen LogP contribution in [-0.2, 0) is 0 Å². The van der Waals surface area contributed by atoms with Crippen molar-refractivity contribution in [2.75, 3.05) is 6.61 Å². The van der Waals surface area contributed by atoms with Crippen molar-refractivity contribution in [1.82, 2.24) is 5.32 Å². The summed E-state index contributed by atoms with van der Waals surface area (Å²) in [5.41, 5.74) is 0.432. The first kappa shape index (κ1) is 13.3. The Morgan fingerprint density at radius 3 is 2.72 bits per heavy atom. The Morgan fingerprint density at radius 2 is 2.11 bits per heavy atom. The van der Waals surface area contributed by atoms with Gasteiger partial charge in [0.25, 0.3) is 5.91 Å². The number of carbonyl (C=O) groups is 1. The summed E-state index contributed by atoms with van der Waals surface area (Å²) in [6, 6.07) is 6.73. The molecule has 0 heterocycles. The van der Waals surface area contributed by atoms with Gasteiger partial charge in [0.2, 0.25) is 0 Å². The van der Waals surface area contributed by atoms with E-state index >= 15 is 0 Å². The molecule has 1 amide bonds. The molecular formula is C13H16ClNO3. The molecule has 1 aliphatic rings. The summed E-state index contributed by atoms with van der Waals surface area (Å²) in [4.78, 5) is 12.0. The third-order valence-corrected chi connectivity index (χ3v) is 3.68. The molecule has 0 saturated heterocycles. The van der Waals surface area contributed by atoms with E-state index in [1.165, 1.54) is 0 Å². The molecule has 2 rings (SSSR count). The molecule has 0 aromatic heterocycles. The molecule has 5 heteroatoms. The van der Waals surface area contributed by atoms with E-state index in [2.05, 4.69) is 5.32 Å². The van der Waals surface area contributed by atoms with Gasteiger partial charge in [-0.2, -0.15) is 0 Å². The van der Waals surface area contributed by atoms with E-state index in [1.807, 2.05) is 0 Å². The molecular weight excluding hydrogens is 254 g/mol. The summed E-state index contributed by atoms with van der Waals surface area (Å²) in [7, 11) is 0. The summed E-state index contributed by atoms with van der Waals surface area (Å²) in [5, 5.41) is 22.0. The van der Waals surface area contributed by atoms with E-state index in [9.17, 15) is 9.90 Å². The smallest absolute Gasteiger partial charge is 0.253 e. The fraction of sp³-hybridized carbons (Fsp3) is 0.462. The van der Waals surface area contributed by atoms with Crippen LogP contribution in [0.15, 0.2) is 24.3 Å². The van der Waals surface area contributed by atoms with Gasteiger partial charge in [-0.15, -0.1) is 0 Å². The minimum atomic E-state index is -0.549. The Bertz CT molecular complexity index is 438. The molecule has 1 aliphatic carbocycles. The van der Waals surface area contributed by atoms with Crippen LogP contribution in [0.3, 0.4) is 0 Å². The standard InChI is InChI=1S/C13H16ClNO3/c14-11-4-2-1-3-10(11)13(18)15-9-5-8(7-16)12(17)6-9/h1-4,8-9,12,16-17H,5-7H2,(H,15,18)/t8-,9+,12-/m1/s1. The maximum absolute atomic E-state index is 12.0. The molecule has 1 aromatic rings. The second-order valence-electron chi connectivity index (χ2n) is 4.63. The number of hydrogen-bond donors (Lipinski definition) is 3. The van der Waals surface area contributed by atoms with E-state index in [-0.39, 0.29) is 24.5 Å². The lowest BCUT2D eigenvalue weighted by molar-refractivity contribution is 0.0903. The Labute approximate surface area is 111 Å². The fourth-order valence-corrected chi connectivity index (χ4v) is 2.55. The second-order valence-corrected chi connectivity index (χ2v) is 5.04. The van der Waals surface area contributed by atoms with Crippen molar-refractivity contribution in [1.29, 1.82) is 0 Å². The second kappa shape index (κ2) is 5.69. The van der Waals surface area contributed by atoms with Gasteiger partial charge in [0, 0.05) is 18.6 Å². The van der Waals surface area contributed by atoms with Gasteiger partial charge < -0.3 is 15.5 Å². The Kier molecular flexibility index (Phi) is 4.22. The van der Waals surface area contributed by atoms with Gasteiger partial charge in [0.1, 0.15) is 0 Å². The van der Waals surface area contributed by atoms with Gasteiger partial charge in [-0.05, 0) is 25.0 Å². The van der Waals surface area contributed by atoms with E-state index < -0.39 is 6.10 Å². The van der Waals surface area contributed by atoms with Crippen LogP contribution in [0.2, 0.25) is 5.02 Å². The van der Waals surface area contributed by atoms with Crippen LogP contribution in [0.4, 0.5) is 0 Å². The molecule has 1 aromatic carbocycles. The zero-order valence-electron chi connectivity index (χ0n) is 9.84. The quantitative estimate of drug-likeness (QED) is 0.772. The Hall–Kier alpha value is -1.10. The molecule has 98 valence electrons. The lowest BCUT2D eigenvalue weighted by atomic mass is 10.1. The van der Waals surface area contributed by atoms with Crippen LogP contribution in [-0.4, -0.2) is 34.9 Å². The lowest BCUT2D eigenvalue weighted by Gasteiger charge is -2.13. The van der Waals surface area contributed by atoms with E-state index in [4.69, 9.17) is 16.7 Å². The molecule has 3 N–H and O–H groups in total. The van der Waals surface area contributed by atoms with E-state index in [0.29, 0.717) is 23.4 Å². The highest BCUT2D eigenvalue weighted by atomic mass is 35.5. The van der Waals surface area contributed by atoms with Crippen LogP contribution >= 0.6 is 11.6 Å². The first-order chi connectivity index (χ1) is 8.61. The molecule has 1 fully saturated rings. The molecule has 4 nitrogen and oxygen atoms in total. The van der Waals surface area contributed by atoms with Gasteiger partial charge in [-0.3, -0.25) is 4.79 Å². The molecule has 0 bridgehead atoms. The van der Waals surface area contributed by atoms with Crippen molar-refractivity contribution in [3.8, 4) is 0 Å². The minimum absolute atomic E-state index is 0.0559. The average Bonchev–Trinajstić information content (AvgIpc) is 2.69. The predicted molar refractivity (Wildman–Crippen MR) is 68.5 cm³/mol. The van der Waals surface area contributed by atoms with E-state index in [0.717, 1.165) is 0 Å². The normalized spacial score (nSPS) is 27.2. The monoisotopic (exact) mass is 269 g/mol. The largest absolute Gasteiger partial charge is 0.396 e. The van der Waals surface area contributed by atoms with Crippen molar-refractivity contribution in [2.24, 2.45) is 5.92 Å². The number of halogens is 1. The van der Waals surface area contributed by atoms with Crippen LogP contribution < -0.4 is 5.32 Å². The first-order valence-electron chi connectivity index (χ1n) is 5.96. The van der Waals surface area contributed by atoms with Crippen LogP contribution in [0, 0.1) is 5.92 Å². The average molecular weight is 270 g/mol. The number of aliphatic hydroxyl groups is 2. The number of nitrogens with one attached hydrogen (secondary N) is 1. The number of aliphatic hydroxyl groups excluding tert-OH is 2. The van der Waals surface area contributed by atoms with Crippen LogP contribution in [0.5, 0.6) is 0 Å². The number of hydrogen-bond acceptors (Lipinski definition) is 3. The number of amides is 1. The van der Waals surface area contributed by atoms with Crippen molar-refractivity contribution in [2.45, 2.75) is 25.0 Å². The highest BCUT2D eigenvalue weighted by Crippen LogP contribution is 2.26. The summed E-state index contributed by atoms with van der Waals surface area (Å²) >= 11 is 5.94. The van der Waals surface area contributed by atoms with Crippen molar-refractivity contribution < 1.29 is 15.0 Å². The van der Waals surface area contributed by atoms with Gasteiger partial charge >= 0.3 is 0 Å². The molecule has 0 aliphatic heterocycles. The summed E-state index contributed by atoms with van der Waals surface area (Å²) in [5.74, 6) is -0.391. The third kappa shape index (κ3) is 2.83. The van der Waals surface area contributed by atoms with Gasteiger partial charge in [0.05, 0.1) is 16.7 Å². The zero-order valence-corrected chi connectivity index (χ0v) is 10.6. The molecule has 1 saturated carbocycles. The highest BCUT2D eigenvalue weighted by molar-refractivity contribution is 6.33. The Balaban J connectivity index is 1.99. The number of rotatable bonds is 3. The molecule has 18 heavy (non-hydrogen) atoms. The third-order valence-electron chi connectivity index (χ3n) is 3.35. The summed E-state index contributed by atoms with van der Waals surface area (Å²) in [6.07, 6.45) is 0.515. The summed E-state index contributed by atoms with van der Waals surface area (Å²) < 4.78 is 0. The van der Waals surface area contributed by atoms with E-state index in [1.54, 1.807) is 24.3 Å². The maximum atomic E-state index is 12.0. The predicted octanol–water partition coefficient (Wildman–Crippen LogP) is 1.20. The van der Waals surface area contributed by atoms with Crippen molar-refractivity contribution >= 4 is 17.5 Å². The molecule has 0 radical (unpaired) electrons. The van der Waals surface area contributed by atoms with Crippen molar-refractivity contribution in [3.63, 3.8) is 0 Å². The van der Waals surface area contributed by atoms with Crippen LogP contribution in [0.25, 0.3) is 0 Å². The van der Waals surface area contributed by atoms with Crippen molar-refractivity contribution in [3.05, 3.63) is 34.9 Å². The van der Waals surface area contributed by atoms with Gasteiger partial charge in [0.15, 0.2) is 0 Å². The number of carbonyl (C=O) groups excluding carboxylic acids is 1. The first-order valence-corrected chi connectivity index (χ1v) is 6.34. The summed E-state index contributed by atoms with van der Waals surface area (Å²) in [6.45, 7) is -0.0559. The maximum Gasteiger partial charge on any atom is 0.253 e. The highest BCUT2D eigenvalue weighted by Gasteiger charge is 2.33. The minimum Gasteiger partial charge on any atom is -0.396 e. The van der Waals surface area contributed by atoms with Gasteiger partial charge in [-0.25, -0.2) is 0 Å². The molecule has 0 unspecified atom stereocenters. The lowest BCUT2D eigenvalue weighted by Crippen LogP contribution is -2.33. The number of benzene rings is 1. The van der Waals surface area contributed by atoms with Gasteiger partial charge in [-0.1, -0.05) is 23.7 Å². The topological polar surface area (TPSA) is 69.6 Å². The fourth-order valence-electron chi connectivity index (χ4n) is 2.33. The molecule has 3 atom stereocenters. The molecule has 0 spiro atoms. The van der Waals surface area contributed by atoms with Crippen LogP contribution in [0.1, 0.15) is 23.2 Å².